The maximum atomic E-state index is 13.0. The maximum Gasteiger partial charge on any atom is 0.126 e. The molecule has 0 spiro atoms. The quantitative estimate of drug-likeness (QED) is 0.926. The van der Waals surface area contributed by atoms with Gasteiger partial charge in [0.1, 0.15) is 17.7 Å². The molecule has 0 aliphatic carbocycles. The fraction of sp³-hybridized carbons (Fsp3) is 0.182. The summed E-state index contributed by atoms with van der Waals surface area (Å²) in [5.41, 5.74) is 0.585. The van der Waals surface area contributed by atoms with Crippen LogP contribution >= 0.6 is 15.9 Å². The number of aliphatic hydroxyl groups is 1. The van der Waals surface area contributed by atoms with E-state index in [0.29, 0.717) is 10.2 Å². The summed E-state index contributed by atoms with van der Waals surface area (Å²) in [4.78, 5) is 0. The van der Waals surface area contributed by atoms with Crippen molar-refractivity contribution in [2.24, 2.45) is 7.05 Å². The van der Waals surface area contributed by atoms with Crippen LogP contribution in [0.3, 0.4) is 0 Å². The van der Waals surface area contributed by atoms with Gasteiger partial charge < -0.3 is 5.11 Å². The molecule has 17 heavy (non-hydrogen) atoms. The molecule has 3 nitrogen and oxygen atoms in total. The number of hydrogen-bond acceptors (Lipinski definition) is 2. The molecule has 0 fully saturated rings. The zero-order chi connectivity index (χ0) is 12.6. The van der Waals surface area contributed by atoms with Crippen molar-refractivity contribution in [3.63, 3.8) is 0 Å². The Morgan fingerprint density at radius 1 is 1.29 bits per heavy atom. The van der Waals surface area contributed by atoms with Gasteiger partial charge in [-0.25, -0.2) is 8.78 Å². The summed E-state index contributed by atoms with van der Waals surface area (Å²) >= 11 is 3.22. The van der Waals surface area contributed by atoms with Crippen molar-refractivity contribution in [2.45, 2.75) is 6.10 Å². The Hall–Kier alpha value is -1.27. The third-order valence-corrected chi connectivity index (χ3v) is 3.01. The number of halogens is 3. The largest absolute Gasteiger partial charge is 0.382 e. The molecule has 1 aromatic heterocycles. The fourth-order valence-electron chi connectivity index (χ4n) is 1.62. The average Bonchev–Trinajstić information content (AvgIpc) is 2.56. The molecule has 6 heteroatoms. The SMILES string of the molecule is Cn1ncc(Br)c1C(O)c1cc(F)cc(F)c1. The van der Waals surface area contributed by atoms with Gasteiger partial charge in [0, 0.05) is 13.1 Å². The summed E-state index contributed by atoms with van der Waals surface area (Å²) < 4.78 is 28.1. The van der Waals surface area contributed by atoms with Crippen LogP contribution < -0.4 is 0 Å². The number of rotatable bonds is 2. The molecule has 0 radical (unpaired) electrons. The minimum Gasteiger partial charge on any atom is -0.382 e. The van der Waals surface area contributed by atoms with Crippen molar-refractivity contribution in [1.29, 1.82) is 0 Å². The van der Waals surface area contributed by atoms with E-state index in [0.717, 1.165) is 18.2 Å². The highest BCUT2D eigenvalue weighted by Crippen LogP contribution is 2.28. The van der Waals surface area contributed by atoms with Crippen LogP contribution in [-0.4, -0.2) is 14.9 Å². The highest BCUT2D eigenvalue weighted by atomic mass is 79.9. The summed E-state index contributed by atoms with van der Waals surface area (Å²) in [5.74, 6) is -1.45. The van der Waals surface area contributed by atoms with E-state index in [2.05, 4.69) is 21.0 Å². The Kier molecular flexibility index (Phi) is 3.26. The fourth-order valence-corrected chi connectivity index (χ4v) is 2.18. The molecule has 0 aliphatic rings. The van der Waals surface area contributed by atoms with Crippen LogP contribution in [0.1, 0.15) is 17.4 Å². The number of nitrogens with zero attached hydrogens (tertiary/aromatic N) is 2. The van der Waals surface area contributed by atoms with E-state index in [1.54, 1.807) is 7.05 Å². The molecule has 2 aromatic rings. The van der Waals surface area contributed by atoms with Crippen LogP contribution in [0.5, 0.6) is 0 Å². The van der Waals surface area contributed by atoms with Gasteiger partial charge in [0.25, 0.3) is 0 Å². The third kappa shape index (κ3) is 2.37. The number of hydrogen-bond donors (Lipinski definition) is 1. The number of aliphatic hydroxyl groups excluding tert-OH is 1. The molecular formula is C11H9BrF2N2O. The lowest BCUT2D eigenvalue weighted by Gasteiger charge is -2.12. The van der Waals surface area contributed by atoms with Crippen LogP contribution in [0.4, 0.5) is 8.78 Å². The van der Waals surface area contributed by atoms with E-state index in [9.17, 15) is 13.9 Å². The van der Waals surface area contributed by atoms with Gasteiger partial charge in [-0.05, 0) is 33.6 Å². The van der Waals surface area contributed by atoms with Gasteiger partial charge >= 0.3 is 0 Å². The van der Waals surface area contributed by atoms with E-state index in [4.69, 9.17) is 0 Å². The molecule has 0 saturated heterocycles. The Morgan fingerprint density at radius 2 is 1.88 bits per heavy atom. The summed E-state index contributed by atoms with van der Waals surface area (Å²) in [6.07, 6.45) is 0.371. The van der Waals surface area contributed by atoms with Crippen LogP contribution in [-0.2, 0) is 7.05 Å². The van der Waals surface area contributed by atoms with Gasteiger partial charge in [0.15, 0.2) is 0 Å². The Bertz CT molecular complexity index is 517. The third-order valence-electron chi connectivity index (χ3n) is 2.40. The Morgan fingerprint density at radius 3 is 2.35 bits per heavy atom. The molecule has 1 heterocycles. The standard InChI is InChI=1S/C11H9BrF2N2O/c1-16-10(9(12)5-15-16)11(17)6-2-7(13)4-8(14)3-6/h2-5,11,17H,1H3. The topological polar surface area (TPSA) is 38.0 Å². The lowest BCUT2D eigenvalue weighted by Crippen LogP contribution is -2.08. The first-order valence-corrected chi connectivity index (χ1v) is 5.60. The van der Waals surface area contributed by atoms with Crippen LogP contribution in [0.15, 0.2) is 28.9 Å². The van der Waals surface area contributed by atoms with Gasteiger partial charge in [-0.15, -0.1) is 0 Å². The predicted octanol–water partition coefficient (Wildman–Crippen LogP) is 2.54. The molecule has 1 unspecified atom stereocenters. The molecular weight excluding hydrogens is 294 g/mol. The van der Waals surface area contributed by atoms with Crippen molar-refractivity contribution in [2.75, 3.05) is 0 Å². The first-order valence-electron chi connectivity index (χ1n) is 4.80. The second-order valence-corrected chi connectivity index (χ2v) is 4.46. The van der Waals surface area contributed by atoms with Crippen LogP contribution in [0.25, 0.3) is 0 Å². The predicted molar refractivity (Wildman–Crippen MR) is 61.3 cm³/mol. The number of aryl methyl sites for hydroxylation is 1. The molecule has 2 rings (SSSR count). The average molecular weight is 303 g/mol. The van der Waals surface area contributed by atoms with E-state index < -0.39 is 17.7 Å². The van der Waals surface area contributed by atoms with Gasteiger partial charge in [-0.1, -0.05) is 0 Å². The number of benzene rings is 1. The summed E-state index contributed by atoms with van der Waals surface area (Å²) in [5, 5.41) is 14.0. The van der Waals surface area contributed by atoms with Crippen LogP contribution in [0, 0.1) is 11.6 Å². The van der Waals surface area contributed by atoms with Gasteiger partial charge in [0.2, 0.25) is 0 Å². The first-order chi connectivity index (χ1) is 7.99. The summed E-state index contributed by atoms with van der Waals surface area (Å²) in [7, 11) is 1.64. The summed E-state index contributed by atoms with van der Waals surface area (Å²) in [6.45, 7) is 0. The molecule has 0 saturated carbocycles. The van der Waals surface area contributed by atoms with Crippen molar-refractivity contribution < 1.29 is 13.9 Å². The van der Waals surface area contributed by atoms with Gasteiger partial charge in [-0.3, -0.25) is 4.68 Å². The molecule has 0 aliphatic heterocycles. The smallest absolute Gasteiger partial charge is 0.126 e. The Balaban J connectivity index is 2.47. The van der Waals surface area contributed by atoms with Crippen molar-refractivity contribution in [3.8, 4) is 0 Å². The molecule has 90 valence electrons. The van der Waals surface area contributed by atoms with Crippen molar-refractivity contribution in [3.05, 3.63) is 51.8 Å². The normalized spacial score (nSPS) is 12.8. The molecule has 1 atom stereocenters. The summed E-state index contributed by atoms with van der Waals surface area (Å²) in [6, 6.07) is 2.94. The van der Waals surface area contributed by atoms with Crippen LogP contribution in [0.2, 0.25) is 0 Å². The Labute approximate surface area is 105 Å². The minimum absolute atomic E-state index is 0.145. The van der Waals surface area contributed by atoms with E-state index in [-0.39, 0.29) is 5.56 Å². The molecule has 1 N–H and O–H groups in total. The molecule has 1 aromatic carbocycles. The van der Waals surface area contributed by atoms with Gasteiger partial charge in [0.05, 0.1) is 16.4 Å². The zero-order valence-electron chi connectivity index (χ0n) is 8.86. The van der Waals surface area contributed by atoms with Crippen molar-refractivity contribution >= 4 is 15.9 Å². The second kappa shape index (κ2) is 4.54. The van der Waals surface area contributed by atoms with E-state index >= 15 is 0 Å². The monoisotopic (exact) mass is 302 g/mol. The van der Waals surface area contributed by atoms with Gasteiger partial charge in [-0.2, -0.15) is 5.10 Å². The highest BCUT2D eigenvalue weighted by Gasteiger charge is 2.19. The minimum atomic E-state index is -1.14. The van der Waals surface area contributed by atoms with E-state index in [1.807, 2.05) is 0 Å². The lowest BCUT2D eigenvalue weighted by atomic mass is 10.1. The zero-order valence-corrected chi connectivity index (χ0v) is 10.4. The molecule has 0 amide bonds. The number of aromatic nitrogens is 2. The van der Waals surface area contributed by atoms with E-state index in [1.165, 1.54) is 10.9 Å². The second-order valence-electron chi connectivity index (χ2n) is 3.61. The lowest BCUT2D eigenvalue weighted by molar-refractivity contribution is 0.208. The first kappa shape index (κ1) is 12.2. The van der Waals surface area contributed by atoms with Crippen molar-refractivity contribution in [1.82, 2.24) is 9.78 Å². The maximum absolute atomic E-state index is 13.0. The highest BCUT2D eigenvalue weighted by molar-refractivity contribution is 9.10. The molecule has 0 bridgehead atoms.